The van der Waals surface area contributed by atoms with Crippen molar-refractivity contribution in [1.82, 2.24) is 0 Å². The number of carbonyl (C=O) groups is 3. The molecule has 0 spiro atoms. The maximum absolute atomic E-state index is 10.5. The normalized spacial score (nSPS) is 11.8. The third-order valence-electron chi connectivity index (χ3n) is 0.997. The van der Waals surface area contributed by atoms with Crippen molar-refractivity contribution in [1.29, 1.82) is 0 Å². The lowest BCUT2D eigenvalue weighted by Gasteiger charge is -2.05. The summed E-state index contributed by atoms with van der Waals surface area (Å²) in [5.41, 5.74) is 0. The van der Waals surface area contributed by atoms with Gasteiger partial charge in [0.25, 0.3) is 0 Å². The van der Waals surface area contributed by atoms with Gasteiger partial charge in [0.1, 0.15) is 12.7 Å². The summed E-state index contributed by atoms with van der Waals surface area (Å²) in [6, 6.07) is 0. The number of carbonyl (C=O) groups excluding carboxylic acids is 2. The molecule has 3 N–H and O–H groups in total. The van der Waals surface area contributed by atoms with Crippen LogP contribution in [0.3, 0.4) is 0 Å². The smallest absolute Gasteiger partial charge is 0.386 e. The van der Waals surface area contributed by atoms with Crippen LogP contribution < -0.4 is 0 Å². The molecule has 0 aliphatic heterocycles. The van der Waals surface area contributed by atoms with Crippen molar-refractivity contribution in [3.8, 4) is 0 Å². The van der Waals surface area contributed by atoms with Gasteiger partial charge in [0.2, 0.25) is 0 Å². The van der Waals surface area contributed by atoms with Crippen molar-refractivity contribution in [3.63, 3.8) is 0 Å². The first-order valence-electron chi connectivity index (χ1n) is 3.22. The summed E-state index contributed by atoms with van der Waals surface area (Å²) in [6.45, 7) is -1.26. The summed E-state index contributed by atoms with van der Waals surface area (Å²) in [5.74, 6) is -5.21. The van der Waals surface area contributed by atoms with Gasteiger partial charge >= 0.3 is 17.7 Å². The molecule has 13 heavy (non-hydrogen) atoms. The van der Waals surface area contributed by atoms with E-state index in [0.29, 0.717) is 0 Å². The summed E-state index contributed by atoms with van der Waals surface area (Å²) >= 11 is 0. The van der Waals surface area contributed by atoms with Gasteiger partial charge in [-0.15, -0.1) is 0 Å². The standard InChI is InChI=1S/C6H8O7/c7-1-3(8)2-13-6(12)4(9)5(10)11/h3,7-8H,1-2H2,(H,10,11). The van der Waals surface area contributed by atoms with Gasteiger partial charge in [-0.05, 0) is 0 Å². The quantitative estimate of drug-likeness (QED) is 0.251. The van der Waals surface area contributed by atoms with Gasteiger partial charge in [0.05, 0.1) is 6.61 Å². The first-order valence-corrected chi connectivity index (χ1v) is 3.22. The number of ketones is 1. The van der Waals surface area contributed by atoms with E-state index in [1.165, 1.54) is 0 Å². The molecular weight excluding hydrogens is 184 g/mol. The maximum atomic E-state index is 10.5. The Bertz CT molecular complexity index is 221. The molecule has 1 unspecified atom stereocenters. The van der Waals surface area contributed by atoms with E-state index >= 15 is 0 Å². The minimum absolute atomic E-state index is 0.617. The zero-order valence-corrected chi connectivity index (χ0v) is 6.47. The highest BCUT2D eigenvalue weighted by atomic mass is 16.5. The minimum atomic E-state index is -1.93. The Kier molecular flexibility index (Phi) is 4.63. The number of aliphatic hydroxyl groups is 2. The molecule has 7 heteroatoms. The Morgan fingerprint density at radius 3 is 2.23 bits per heavy atom. The number of carboxylic acid groups (broad SMARTS) is 1. The van der Waals surface area contributed by atoms with Crippen molar-refractivity contribution in [3.05, 3.63) is 0 Å². The van der Waals surface area contributed by atoms with Crippen molar-refractivity contribution in [2.24, 2.45) is 0 Å². The van der Waals surface area contributed by atoms with Crippen LogP contribution in [0.2, 0.25) is 0 Å². The lowest BCUT2D eigenvalue weighted by atomic mass is 10.4. The Morgan fingerprint density at radius 2 is 1.85 bits per heavy atom. The fourth-order valence-electron chi connectivity index (χ4n) is 0.377. The lowest BCUT2D eigenvalue weighted by molar-refractivity contribution is -0.163. The monoisotopic (exact) mass is 192 g/mol. The third-order valence-corrected chi connectivity index (χ3v) is 0.997. The zero-order chi connectivity index (χ0) is 10.4. The molecule has 0 amide bonds. The Balaban J connectivity index is 3.88. The van der Waals surface area contributed by atoms with E-state index in [2.05, 4.69) is 4.74 Å². The molecule has 0 radical (unpaired) electrons. The van der Waals surface area contributed by atoms with Crippen LogP contribution in [0.15, 0.2) is 0 Å². The molecule has 0 aliphatic rings. The van der Waals surface area contributed by atoms with Crippen LogP contribution in [0.25, 0.3) is 0 Å². The predicted molar refractivity (Wildman–Crippen MR) is 36.7 cm³/mol. The second-order valence-electron chi connectivity index (χ2n) is 2.07. The predicted octanol–water partition coefficient (Wildman–Crippen LogP) is -2.46. The van der Waals surface area contributed by atoms with Crippen molar-refractivity contribution < 1.29 is 34.4 Å². The highest BCUT2D eigenvalue weighted by molar-refractivity contribution is 6.59. The number of aliphatic hydroxyl groups excluding tert-OH is 2. The zero-order valence-electron chi connectivity index (χ0n) is 6.47. The minimum Gasteiger partial charge on any atom is -0.475 e. The number of hydrogen-bond acceptors (Lipinski definition) is 6. The van der Waals surface area contributed by atoms with Crippen LogP contribution in [0.1, 0.15) is 0 Å². The van der Waals surface area contributed by atoms with Gasteiger partial charge in [-0.2, -0.15) is 0 Å². The largest absolute Gasteiger partial charge is 0.475 e. The van der Waals surface area contributed by atoms with E-state index in [9.17, 15) is 14.4 Å². The summed E-state index contributed by atoms with van der Waals surface area (Å²) in [7, 11) is 0. The van der Waals surface area contributed by atoms with Crippen molar-refractivity contribution in [2.45, 2.75) is 6.10 Å². The van der Waals surface area contributed by atoms with Gasteiger partial charge < -0.3 is 20.1 Å². The molecule has 0 aromatic rings. The molecule has 0 aromatic heterocycles. The van der Waals surface area contributed by atoms with Crippen LogP contribution >= 0.6 is 0 Å². The van der Waals surface area contributed by atoms with Gasteiger partial charge in [-0.3, -0.25) is 4.79 Å². The second kappa shape index (κ2) is 5.22. The Morgan fingerprint density at radius 1 is 1.31 bits per heavy atom. The number of rotatable bonds is 5. The SMILES string of the molecule is O=C(O)C(=O)C(=O)OCC(O)CO. The highest BCUT2D eigenvalue weighted by Crippen LogP contribution is 1.87. The Hall–Kier alpha value is -1.47. The molecule has 0 bridgehead atoms. The van der Waals surface area contributed by atoms with Crippen LogP contribution in [-0.4, -0.2) is 52.4 Å². The Labute approximate surface area is 72.5 Å². The van der Waals surface area contributed by atoms with E-state index in [4.69, 9.17) is 15.3 Å². The third kappa shape index (κ3) is 4.19. The fraction of sp³-hybridized carbons (Fsp3) is 0.500. The second-order valence-corrected chi connectivity index (χ2v) is 2.07. The van der Waals surface area contributed by atoms with E-state index < -0.39 is 37.0 Å². The molecule has 0 aliphatic carbocycles. The average Bonchev–Trinajstić information content (AvgIpc) is 2.11. The van der Waals surface area contributed by atoms with Crippen molar-refractivity contribution >= 4 is 17.7 Å². The lowest BCUT2D eigenvalue weighted by Crippen LogP contribution is -2.29. The van der Waals surface area contributed by atoms with Gasteiger partial charge in [0.15, 0.2) is 0 Å². The number of ether oxygens (including phenoxy) is 1. The molecule has 1 atom stereocenters. The number of hydrogen-bond donors (Lipinski definition) is 3. The van der Waals surface area contributed by atoms with Crippen LogP contribution in [-0.2, 0) is 19.1 Å². The van der Waals surface area contributed by atoms with Crippen LogP contribution in [0.4, 0.5) is 0 Å². The molecule has 0 rings (SSSR count). The topological polar surface area (TPSA) is 121 Å². The molecule has 0 fully saturated rings. The van der Waals surface area contributed by atoms with E-state index in [0.717, 1.165) is 0 Å². The van der Waals surface area contributed by atoms with Gasteiger partial charge in [-0.1, -0.05) is 0 Å². The first kappa shape index (κ1) is 11.5. The van der Waals surface area contributed by atoms with E-state index in [1.807, 2.05) is 0 Å². The highest BCUT2D eigenvalue weighted by Gasteiger charge is 2.24. The summed E-state index contributed by atoms with van der Waals surface area (Å²) in [5, 5.41) is 24.9. The molecule has 0 heterocycles. The number of aliphatic carboxylic acids is 1. The number of esters is 1. The maximum Gasteiger partial charge on any atom is 0.386 e. The first-order chi connectivity index (χ1) is 5.99. The number of carboxylic acids is 1. The molecule has 7 nitrogen and oxygen atoms in total. The van der Waals surface area contributed by atoms with Gasteiger partial charge in [0, 0.05) is 0 Å². The fourth-order valence-corrected chi connectivity index (χ4v) is 0.377. The molecular formula is C6H8O7. The summed E-state index contributed by atoms with van der Waals surface area (Å²) in [6.07, 6.45) is -1.31. The number of Topliss-reactive ketones (excluding diaryl/α,β-unsaturated/α-hetero) is 1. The molecule has 0 saturated heterocycles. The molecule has 0 saturated carbocycles. The average molecular weight is 192 g/mol. The van der Waals surface area contributed by atoms with E-state index in [-0.39, 0.29) is 0 Å². The van der Waals surface area contributed by atoms with E-state index in [1.54, 1.807) is 0 Å². The summed E-state index contributed by atoms with van der Waals surface area (Å²) in [4.78, 5) is 30.7. The van der Waals surface area contributed by atoms with Crippen LogP contribution in [0.5, 0.6) is 0 Å². The molecule has 74 valence electrons. The van der Waals surface area contributed by atoms with Crippen molar-refractivity contribution in [2.75, 3.05) is 13.2 Å². The molecule has 0 aromatic carbocycles. The van der Waals surface area contributed by atoms with Crippen LogP contribution in [0, 0.1) is 0 Å². The summed E-state index contributed by atoms with van der Waals surface area (Å²) < 4.78 is 4.04. The van der Waals surface area contributed by atoms with Gasteiger partial charge in [-0.25, -0.2) is 9.59 Å².